The van der Waals surface area contributed by atoms with E-state index < -0.39 is 17.6 Å². The number of H-pyrrole nitrogens is 1. The van der Waals surface area contributed by atoms with E-state index in [9.17, 15) is 9.59 Å². The van der Waals surface area contributed by atoms with Gasteiger partial charge in [-0.2, -0.15) is 0 Å². The van der Waals surface area contributed by atoms with Crippen molar-refractivity contribution in [3.8, 4) is 5.88 Å². The van der Waals surface area contributed by atoms with Gasteiger partial charge in [-0.1, -0.05) is 11.3 Å². The van der Waals surface area contributed by atoms with Crippen LogP contribution in [0, 0.1) is 3.95 Å². The Morgan fingerprint density at radius 1 is 1.62 bits per heavy atom. The van der Waals surface area contributed by atoms with Crippen molar-refractivity contribution in [2.75, 3.05) is 7.11 Å². The minimum Gasteiger partial charge on any atom is -0.493 e. The number of aromatic amines is 1. The lowest BCUT2D eigenvalue weighted by Gasteiger charge is -1.94. The molecule has 0 atom stereocenters. The van der Waals surface area contributed by atoms with E-state index in [0.717, 1.165) is 18.4 Å². The van der Waals surface area contributed by atoms with Gasteiger partial charge in [-0.25, -0.2) is 4.79 Å². The second-order valence-electron chi connectivity index (χ2n) is 2.01. The molecule has 5 nitrogen and oxygen atoms in total. The zero-order valence-corrected chi connectivity index (χ0v) is 8.12. The molecule has 0 saturated heterocycles. The minimum atomic E-state index is -1.03. The second-order valence-corrected chi connectivity index (χ2v) is 3.70. The molecule has 1 aromatic rings. The van der Waals surface area contributed by atoms with Crippen molar-refractivity contribution >= 4 is 35.3 Å². The molecule has 0 spiro atoms. The number of thiazole rings is 1. The number of methoxy groups -OCH3 is 1. The van der Waals surface area contributed by atoms with Crippen molar-refractivity contribution in [1.29, 1.82) is 0 Å². The van der Waals surface area contributed by atoms with E-state index in [1.807, 2.05) is 0 Å². The third-order valence-corrected chi connectivity index (χ3v) is 2.43. The van der Waals surface area contributed by atoms with Crippen molar-refractivity contribution in [3.63, 3.8) is 0 Å². The van der Waals surface area contributed by atoms with Crippen LogP contribution in [0.3, 0.4) is 0 Å². The maximum Gasteiger partial charge on any atom is 0.380 e. The number of carbonyl (C=O) groups excluding carboxylic acids is 2. The molecule has 7 heteroatoms. The van der Waals surface area contributed by atoms with Gasteiger partial charge in [0, 0.05) is 0 Å². The summed E-state index contributed by atoms with van der Waals surface area (Å²) in [5, 5.41) is 9.11. The number of nitrogens with one attached hydrogen (secondary N) is 1. The van der Waals surface area contributed by atoms with E-state index in [4.69, 9.17) is 5.11 Å². The van der Waals surface area contributed by atoms with Crippen molar-refractivity contribution < 1.29 is 19.4 Å². The molecule has 0 bridgehead atoms. The van der Waals surface area contributed by atoms with Crippen molar-refractivity contribution in [2.24, 2.45) is 0 Å². The first-order valence-corrected chi connectivity index (χ1v) is 4.33. The molecule has 2 N–H and O–H groups in total. The van der Waals surface area contributed by atoms with Crippen molar-refractivity contribution in [1.82, 2.24) is 4.98 Å². The largest absolute Gasteiger partial charge is 0.493 e. The number of hydrogen-bond acceptors (Lipinski definition) is 6. The van der Waals surface area contributed by atoms with Crippen LogP contribution in [0.1, 0.15) is 9.67 Å². The van der Waals surface area contributed by atoms with E-state index >= 15 is 0 Å². The zero-order chi connectivity index (χ0) is 10.0. The molecule has 0 unspecified atom stereocenters. The van der Waals surface area contributed by atoms with Crippen LogP contribution in [-0.4, -0.2) is 29.0 Å². The van der Waals surface area contributed by atoms with Gasteiger partial charge in [-0.05, 0) is 12.2 Å². The fourth-order valence-corrected chi connectivity index (χ4v) is 1.66. The van der Waals surface area contributed by atoms with E-state index in [0.29, 0.717) is 0 Å². The Labute approximate surface area is 82.0 Å². The lowest BCUT2D eigenvalue weighted by Crippen LogP contribution is -2.14. The van der Waals surface area contributed by atoms with E-state index in [1.165, 1.54) is 0 Å². The molecule has 13 heavy (non-hydrogen) atoms. The monoisotopic (exact) mass is 219 g/mol. The Kier molecular flexibility index (Phi) is 2.79. The number of hydrogen-bond donors (Lipinski definition) is 2. The molecule has 0 aromatic carbocycles. The molecule has 0 aliphatic rings. The molecule has 1 aromatic heterocycles. The molecule has 0 aliphatic carbocycles. The second kappa shape index (κ2) is 3.67. The highest BCUT2D eigenvalue weighted by atomic mass is 32.1. The number of ketones is 1. The van der Waals surface area contributed by atoms with Crippen LogP contribution in [0.2, 0.25) is 0 Å². The average molecular weight is 219 g/mol. The van der Waals surface area contributed by atoms with Crippen LogP contribution in [0.4, 0.5) is 0 Å². The maximum atomic E-state index is 11.1. The van der Waals surface area contributed by atoms with Crippen LogP contribution in [0.25, 0.3) is 0 Å². The first-order chi connectivity index (χ1) is 6.06. The van der Waals surface area contributed by atoms with Gasteiger partial charge in [0.1, 0.15) is 4.88 Å². The van der Waals surface area contributed by atoms with Crippen LogP contribution >= 0.6 is 23.6 Å². The smallest absolute Gasteiger partial charge is 0.380 e. The van der Waals surface area contributed by atoms with E-state index in [2.05, 4.69) is 21.9 Å². The molecule has 0 aliphatic heterocycles. The normalized spacial score (nSPS) is 9.62. The third-order valence-electron chi connectivity index (χ3n) is 1.21. The minimum absolute atomic E-state index is 0.128. The number of Topliss-reactive ketones (excluding diaryl/α,β-unsaturated/α-hetero) is 1. The molecule has 1 heterocycles. The summed E-state index contributed by atoms with van der Waals surface area (Å²) in [4.78, 5) is 24.1. The molecule has 1 rings (SSSR count). The van der Waals surface area contributed by atoms with Gasteiger partial charge in [-0.3, -0.25) is 4.79 Å². The Bertz CT molecular complexity index is 405. The molecular formula is C6H5NO4S2. The number of aromatic hydroxyl groups is 1. The van der Waals surface area contributed by atoms with Gasteiger partial charge >= 0.3 is 5.97 Å². The summed E-state index contributed by atoms with van der Waals surface area (Å²) in [7, 11) is 1.09. The van der Waals surface area contributed by atoms with Gasteiger partial charge in [0.25, 0.3) is 5.78 Å². The summed E-state index contributed by atoms with van der Waals surface area (Å²) in [6.45, 7) is 0. The van der Waals surface area contributed by atoms with Crippen molar-refractivity contribution in [3.05, 3.63) is 8.83 Å². The third kappa shape index (κ3) is 1.93. The van der Waals surface area contributed by atoms with Crippen molar-refractivity contribution in [2.45, 2.75) is 0 Å². The van der Waals surface area contributed by atoms with Gasteiger partial charge < -0.3 is 14.8 Å². The highest BCUT2D eigenvalue weighted by Crippen LogP contribution is 2.21. The first kappa shape index (κ1) is 9.87. The topological polar surface area (TPSA) is 79.4 Å². The number of ether oxygens (including phenoxy) is 1. The lowest BCUT2D eigenvalue weighted by atomic mass is 10.3. The average Bonchev–Trinajstić information content (AvgIpc) is 2.42. The standard InChI is InChI=1S/C6H5NO4S2/c1-11-5(10)2(8)3-4(9)7-6(12)13-3/h9H,1H3,(H,7,12). The number of aromatic nitrogens is 1. The summed E-state index contributed by atoms with van der Waals surface area (Å²) in [6, 6.07) is 0. The molecule has 0 amide bonds. The first-order valence-electron chi connectivity index (χ1n) is 3.11. The van der Waals surface area contributed by atoms with Gasteiger partial charge in [0.15, 0.2) is 3.95 Å². The molecule has 0 fully saturated rings. The fourth-order valence-electron chi connectivity index (χ4n) is 0.659. The lowest BCUT2D eigenvalue weighted by molar-refractivity contribution is -0.135. The number of carbonyl (C=O) groups is 2. The zero-order valence-electron chi connectivity index (χ0n) is 6.49. The Morgan fingerprint density at radius 3 is 2.62 bits per heavy atom. The summed E-state index contributed by atoms with van der Waals surface area (Å²) in [6.07, 6.45) is 0. The summed E-state index contributed by atoms with van der Waals surface area (Å²) in [5.41, 5.74) is 0. The predicted octanol–water partition coefficient (Wildman–Crippen LogP) is 0.867. The summed E-state index contributed by atoms with van der Waals surface area (Å²) in [5.74, 6) is -2.33. The summed E-state index contributed by atoms with van der Waals surface area (Å²) < 4.78 is 4.42. The van der Waals surface area contributed by atoms with Gasteiger partial charge in [0.05, 0.1) is 7.11 Å². The fraction of sp³-hybridized carbons (Fsp3) is 0.167. The predicted molar refractivity (Wildman–Crippen MR) is 47.5 cm³/mol. The van der Waals surface area contributed by atoms with Crippen LogP contribution < -0.4 is 0 Å². The van der Waals surface area contributed by atoms with E-state index in [1.54, 1.807) is 0 Å². The van der Waals surface area contributed by atoms with Gasteiger partial charge in [-0.15, -0.1) is 0 Å². The molecule has 70 valence electrons. The highest BCUT2D eigenvalue weighted by molar-refractivity contribution is 7.73. The molecular weight excluding hydrogens is 214 g/mol. The molecule has 0 saturated carbocycles. The van der Waals surface area contributed by atoms with E-state index in [-0.39, 0.29) is 8.83 Å². The van der Waals surface area contributed by atoms with Crippen LogP contribution in [0.15, 0.2) is 0 Å². The SMILES string of the molecule is COC(=O)C(=O)c1sc(=S)[nH]c1O. The Morgan fingerprint density at radius 2 is 2.23 bits per heavy atom. The number of rotatable bonds is 2. The Balaban J connectivity index is 3.08. The highest BCUT2D eigenvalue weighted by Gasteiger charge is 2.22. The van der Waals surface area contributed by atoms with Crippen LogP contribution in [0.5, 0.6) is 5.88 Å². The quantitative estimate of drug-likeness (QED) is 0.334. The molecule has 0 radical (unpaired) electrons. The summed E-state index contributed by atoms with van der Waals surface area (Å²) >= 11 is 5.49. The Hall–Kier alpha value is -1.21. The van der Waals surface area contributed by atoms with Gasteiger partial charge in [0.2, 0.25) is 5.88 Å². The van der Waals surface area contributed by atoms with Crippen LogP contribution in [-0.2, 0) is 9.53 Å². The maximum absolute atomic E-state index is 11.1. The number of esters is 1.